The van der Waals surface area contributed by atoms with Crippen LogP contribution in [-0.2, 0) is 0 Å². The Bertz CT molecular complexity index is 183. The zero-order valence-electron chi connectivity index (χ0n) is 8.79. The molecule has 0 saturated heterocycles. The van der Waals surface area contributed by atoms with Gasteiger partial charge in [-0.05, 0) is 32.9 Å². The summed E-state index contributed by atoms with van der Waals surface area (Å²) in [5, 5.41) is 8.93. The summed E-state index contributed by atoms with van der Waals surface area (Å²) in [4.78, 5) is 2.38. The minimum absolute atomic E-state index is 0.293. The van der Waals surface area contributed by atoms with Crippen LogP contribution in [0.1, 0.15) is 39.0 Å². The molecule has 0 aromatic rings. The zero-order valence-corrected chi connectivity index (χ0v) is 8.79. The number of hydrogen-bond acceptors (Lipinski definition) is 2. The monoisotopic (exact) mass is 180 g/mol. The maximum absolute atomic E-state index is 8.93. The Morgan fingerprint density at radius 3 is 2.85 bits per heavy atom. The van der Waals surface area contributed by atoms with Crippen molar-refractivity contribution >= 4 is 0 Å². The van der Waals surface area contributed by atoms with E-state index < -0.39 is 0 Å². The Kier molecular flexibility index (Phi) is 4.24. The van der Waals surface area contributed by atoms with E-state index in [2.05, 4.69) is 24.9 Å². The highest BCUT2D eigenvalue weighted by molar-refractivity contribution is 4.96. The standard InChI is InChI=1S/C11H20N2/c1-3-4-8-13(2)11-7-5-6-10(11)9-12/h10-11H,3-8H2,1-2H3. The van der Waals surface area contributed by atoms with E-state index in [9.17, 15) is 0 Å². The van der Waals surface area contributed by atoms with Crippen molar-refractivity contribution in [2.75, 3.05) is 13.6 Å². The van der Waals surface area contributed by atoms with Gasteiger partial charge in [-0.3, -0.25) is 0 Å². The van der Waals surface area contributed by atoms with E-state index >= 15 is 0 Å². The smallest absolute Gasteiger partial charge is 0.0672 e. The first-order chi connectivity index (χ1) is 6.29. The van der Waals surface area contributed by atoms with Gasteiger partial charge < -0.3 is 4.90 Å². The van der Waals surface area contributed by atoms with Gasteiger partial charge >= 0.3 is 0 Å². The van der Waals surface area contributed by atoms with Crippen LogP contribution in [0.4, 0.5) is 0 Å². The Morgan fingerprint density at radius 2 is 2.23 bits per heavy atom. The van der Waals surface area contributed by atoms with Gasteiger partial charge in [0.05, 0.1) is 12.0 Å². The molecular weight excluding hydrogens is 160 g/mol. The van der Waals surface area contributed by atoms with Crippen molar-refractivity contribution in [3.05, 3.63) is 0 Å². The lowest BCUT2D eigenvalue weighted by Crippen LogP contribution is -2.34. The average molecular weight is 180 g/mol. The van der Waals surface area contributed by atoms with Gasteiger partial charge in [-0.25, -0.2) is 0 Å². The lowest BCUT2D eigenvalue weighted by atomic mass is 10.0. The molecule has 0 aliphatic heterocycles. The fourth-order valence-electron chi connectivity index (χ4n) is 2.19. The van der Waals surface area contributed by atoms with E-state index in [1.807, 2.05) is 0 Å². The zero-order chi connectivity index (χ0) is 9.68. The minimum Gasteiger partial charge on any atom is -0.302 e. The first kappa shape index (κ1) is 10.5. The van der Waals surface area contributed by atoms with E-state index in [1.54, 1.807) is 0 Å². The van der Waals surface area contributed by atoms with Crippen LogP contribution in [0.2, 0.25) is 0 Å². The lowest BCUT2D eigenvalue weighted by Gasteiger charge is -2.26. The van der Waals surface area contributed by atoms with Crippen molar-refractivity contribution in [1.82, 2.24) is 4.90 Å². The summed E-state index contributed by atoms with van der Waals surface area (Å²) in [6, 6.07) is 2.97. The van der Waals surface area contributed by atoms with Gasteiger partial charge in [0.25, 0.3) is 0 Å². The van der Waals surface area contributed by atoms with Crippen molar-refractivity contribution in [2.45, 2.75) is 45.1 Å². The van der Waals surface area contributed by atoms with E-state index in [-0.39, 0.29) is 0 Å². The summed E-state index contributed by atoms with van der Waals surface area (Å²) in [6.07, 6.45) is 6.06. The Balaban J connectivity index is 2.37. The molecule has 1 aliphatic rings. The molecule has 1 rings (SSSR count). The third-order valence-corrected chi connectivity index (χ3v) is 3.08. The molecule has 0 bridgehead atoms. The number of hydrogen-bond donors (Lipinski definition) is 0. The SMILES string of the molecule is CCCCN(C)C1CCCC1C#N. The van der Waals surface area contributed by atoms with Gasteiger partial charge in [-0.15, -0.1) is 0 Å². The third-order valence-electron chi connectivity index (χ3n) is 3.08. The average Bonchev–Trinajstić information content (AvgIpc) is 2.61. The van der Waals surface area contributed by atoms with Crippen LogP contribution >= 0.6 is 0 Å². The van der Waals surface area contributed by atoms with Gasteiger partial charge in [0.15, 0.2) is 0 Å². The van der Waals surface area contributed by atoms with Crippen molar-refractivity contribution in [3.8, 4) is 6.07 Å². The number of rotatable bonds is 4. The quantitative estimate of drug-likeness (QED) is 0.664. The molecule has 0 N–H and O–H groups in total. The van der Waals surface area contributed by atoms with Crippen molar-refractivity contribution in [3.63, 3.8) is 0 Å². The summed E-state index contributed by atoms with van der Waals surface area (Å²) in [5.41, 5.74) is 0. The van der Waals surface area contributed by atoms with Gasteiger partial charge in [0.2, 0.25) is 0 Å². The third kappa shape index (κ3) is 2.70. The van der Waals surface area contributed by atoms with E-state index in [4.69, 9.17) is 5.26 Å². The van der Waals surface area contributed by atoms with Gasteiger partial charge in [-0.2, -0.15) is 5.26 Å². The predicted octanol–water partition coefficient (Wildman–Crippen LogP) is 2.41. The van der Waals surface area contributed by atoms with Crippen molar-refractivity contribution in [2.24, 2.45) is 5.92 Å². The molecule has 0 aromatic heterocycles. The van der Waals surface area contributed by atoms with Crippen LogP contribution in [0.15, 0.2) is 0 Å². The van der Waals surface area contributed by atoms with E-state index in [0.29, 0.717) is 12.0 Å². The van der Waals surface area contributed by atoms with Crippen molar-refractivity contribution in [1.29, 1.82) is 5.26 Å². The molecular formula is C11H20N2. The molecule has 0 radical (unpaired) electrons. The van der Waals surface area contributed by atoms with E-state index in [1.165, 1.54) is 25.7 Å². The highest BCUT2D eigenvalue weighted by Gasteiger charge is 2.29. The molecule has 1 saturated carbocycles. The summed E-state index contributed by atoms with van der Waals surface area (Å²) in [5.74, 6) is 0.293. The summed E-state index contributed by atoms with van der Waals surface area (Å²) in [6.45, 7) is 3.36. The molecule has 0 heterocycles. The predicted molar refractivity (Wildman–Crippen MR) is 54.3 cm³/mol. The lowest BCUT2D eigenvalue weighted by molar-refractivity contribution is 0.217. The normalized spacial score (nSPS) is 27.8. The van der Waals surface area contributed by atoms with Crippen LogP contribution in [0.3, 0.4) is 0 Å². The maximum atomic E-state index is 8.93. The van der Waals surface area contributed by atoms with E-state index in [0.717, 1.165) is 13.0 Å². The Morgan fingerprint density at radius 1 is 1.46 bits per heavy atom. The van der Waals surface area contributed by atoms with Gasteiger partial charge in [0, 0.05) is 6.04 Å². The highest BCUT2D eigenvalue weighted by Crippen LogP contribution is 2.28. The molecule has 0 aromatic carbocycles. The largest absolute Gasteiger partial charge is 0.302 e. The highest BCUT2D eigenvalue weighted by atomic mass is 15.1. The summed E-state index contributed by atoms with van der Waals surface area (Å²) in [7, 11) is 2.16. The number of unbranched alkanes of at least 4 members (excludes halogenated alkanes) is 1. The molecule has 1 fully saturated rings. The molecule has 13 heavy (non-hydrogen) atoms. The number of nitrogens with zero attached hydrogens (tertiary/aromatic N) is 2. The van der Waals surface area contributed by atoms with Crippen LogP contribution < -0.4 is 0 Å². The van der Waals surface area contributed by atoms with Crippen LogP contribution in [0.25, 0.3) is 0 Å². The summed E-state index contributed by atoms with van der Waals surface area (Å²) >= 11 is 0. The molecule has 1 aliphatic carbocycles. The number of nitriles is 1. The molecule has 74 valence electrons. The summed E-state index contributed by atoms with van der Waals surface area (Å²) < 4.78 is 0. The second-order valence-electron chi connectivity index (χ2n) is 4.07. The molecule has 2 atom stereocenters. The van der Waals surface area contributed by atoms with Crippen LogP contribution in [0.5, 0.6) is 0 Å². The van der Waals surface area contributed by atoms with Crippen LogP contribution in [-0.4, -0.2) is 24.5 Å². The van der Waals surface area contributed by atoms with Crippen molar-refractivity contribution < 1.29 is 0 Å². The van der Waals surface area contributed by atoms with Gasteiger partial charge in [-0.1, -0.05) is 19.8 Å². The fraction of sp³-hybridized carbons (Fsp3) is 0.909. The molecule has 2 heteroatoms. The maximum Gasteiger partial charge on any atom is 0.0672 e. The second-order valence-corrected chi connectivity index (χ2v) is 4.07. The molecule has 2 nitrogen and oxygen atoms in total. The second kappa shape index (κ2) is 5.24. The molecule has 0 spiro atoms. The topological polar surface area (TPSA) is 27.0 Å². The van der Waals surface area contributed by atoms with Gasteiger partial charge in [0.1, 0.15) is 0 Å². The Labute approximate surface area is 81.5 Å². The first-order valence-corrected chi connectivity index (χ1v) is 5.39. The molecule has 0 amide bonds. The fourth-order valence-corrected chi connectivity index (χ4v) is 2.19. The first-order valence-electron chi connectivity index (χ1n) is 5.39. The Hall–Kier alpha value is -0.550. The van der Waals surface area contributed by atoms with Crippen LogP contribution in [0, 0.1) is 17.2 Å². The molecule has 2 unspecified atom stereocenters. The minimum atomic E-state index is 0.293.